The molecule has 0 rings (SSSR count). The van der Waals surface area contributed by atoms with Gasteiger partial charge in [-0.1, -0.05) is 40.4 Å². The SMILES string of the molecule is CCC(C)(C)C(=C=O)[Si](C)(C)C. The largest absolute Gasteiger partial charge is 0.234 e. The molecule has 0 aliphatic heterocycles. The third-order valence-electron chi connectivity index (χ3n) is 2.41. The second-order valence-electron chi connectivity index (χ2n) is 4.96. The van der Waals surface area contributed by atoms with Gasteiger partial charge < -0.3 is 0 Å². The lowest BCUT2D eigenvalue weighted by Crippen LogP contribution is -2.34. The highest BCUT2D eigenvalue weighted by molar-refractivity contribution is 6.84. The molecule has 0 fully saturated rings. The average molecular weight is 184 g/mol. The van der Waals surface area contributed by atoms with Crippen molar-refractivity contribution in [2.45, 2.75) is 46.8 Å². The van der Waals surface area contributed by atoms with Crippen molar-refractivity contribution in [3.8, 4) is 0 Å². The average Bonchev–Trinajstić information content (AvgIpc) is 1.85. The van der Waals surface area contributed by atoms with Crippen LogP contribution in [0.5, 0.6) is 0 Å². The van der Waals surface area contributed by atoms with Crippen LogP contribution >= 0.6 is 0 Å². The van der Waals surface area contributed by atoms with Crippen molar-refractivity contribution in [2.24, 2.45) is 5.41 Å². The summed E-state index contributed by atoms with van der Waals surface area (Å²) in [7, 11) is -1.45. The Morgan fingerprint density at radius 1 is 1.33 bits per heavy atom. The lowest BCUT2D eigenvalue weighted by atomic mass is 9.90. The van der Waals surface area contributed by atoms with Crippen LogP contribution in [-0.2, 0) is 4.79 Å². The lowest BCUT2D eigenvalue weighted by molar-refractivity contribution is 0.445. The fraction of sp³-hybridized carbons (Fsp3) is 0.800. The first-order valence-electron chi connectivity index (χ1n) is 4.51. The van der Waals surface area contributed by atoms with Crippen molar-refractivity contribution in [3.05, 3.63) is 5.20 Å². The van der Waals surface area contributed by atoms with Crippen LogP contribution in [-0.4, -0.2) is 14.0 Å². The highest BCUT2D eigenvalue weighted by Gasteiger charge is 2.32. The number of rotatable bonds is 3. The normalized spacial score (nSPS) is 12.5. The molecule has 2 heteroatoms. The van der Waals surface area contributed by atoms with E-state index in [0.29, 0.717) is 0 Å². The second kappa shape index (κ2) is 3.59. The minimum atomic E-state index is -1.45. The predicted octanol–water partition coefficient (Wildman–Crippen LogP) is 3.06. The van der Waals surface area contributed by atoms with Crippen LogP contribution in [0.3, 0.4) is 0 Å². The molecule has 0 saturated carbocycles. The van der Waals surface area contributed by atoms with Crippen LogP contribution in [0.15, 0.2) is 5.20 Å². The Bertz CT molecular complexity index is 204. The van der Waals surface area contributed by atoms with E-state index in [1.54, 1.807) is 0 Å². The quantitative estimate of drug-likeness (QED) is 0.486. The lowest BCUT2D eigenvalue weighted by Gasteiger charge is -2.31. The van der Waals surface area contributed by atoms with E-state index in [0.717, 1.165) is 11.6 Å². The molecule has 0 spiro atoms. The predicted molar refractivity (Wildman–Crippen MR) is 56.6 cm³/mol. The van der Waals surface area contributed by atoms with Crippen LogP contribution < -0.4 is 0 Å². The molecule has 0 aromatic carbocycles. The molecule has 12 heavy (non-hydrogen) atoms. The van der Waals surface area contributed by atoms with Gasteiger partial charge in [-0.2, -0.15) is 0 Å². The first kappa shape index (κ1) is 11.7. The van der Waals surface area contributed by atoms with E-state index in [1.807, 2.05) is 0 Å². The van der Waals surface area contributed by atoms with Gasteiger partial charge in [-0.25, -0.2) is 4.79 Å². The molecule has 0 N–H and O–H groups in total. The number of allylic oxidation sites excluding steroid dienone is 1. The topological polar surface area (TPSA) is 17.1 Å². The first-order valence-corrected chi connectivity index (χ1v) is 8.01. The first-order chi connectivity index (χ1) is 5.25. The van der Waals surface area contributed by atoms with Crippen molar-refractivity contribution in [1.29, 1.82) is 0 Å². The minimum absolute atomic E-state index is 0.0478. The van der Waals surface area contributed by atoms with E-state index in [4.69, 9.17) is 0 Å². The number of hydrogen-bond acceptors (Lipinski definition) is 1. The van der Waals surface area contributed by atoms with Crippen LogP contribution in [0.4, 0.5) is 0 Å². The monoisotopic (exact) mass is 184 g/mol. The zero-order chi connectivity index (χ0) is 9.99. The van der Waals surface area contributed by atoms with Gasteiger partial charge in [0, 0.05) is 5.20 Å². The molecule has 0 atom stereocenters. The Morgan fingerprint density at radius 3 is 1.83 bits per heavy atom. The van der Waals surface area contributed by atoms with Gasteiger partial charge in [0.2, 0.25) is 0 Å². The second-order valence-corrected chi connectivity index (χ2v) is 9.96. The highest BCUT2D eigenvalue weighted by atomic mass is 28.3. The fourth-order valence-corrected chi connectivity index (χ4v) is 4.00. The highest BCUT2D eigenvalue weighted by Crippen LogP contribution is 2.34. The van der Waals surface area contributed by atoms with Crippen molar-refractivity contribution in [2.75, 3.05) is 0 Å². The Hall–Kier alpha value is -0.333. The molecule has 0 saturated heterocycles. The molecule has 0 aromatic rings. The molecule has 70 valence electrons. The van der Waals surface area contributed by atoms with Crippen molar-refractivity contribution in [1.82, 2.24) is 0 Å². The van der Waals surface area contributed by atoms with Gasteiger partial charge in [-0.3, -0.25) is 0 Å². The Balaban J connectivity index is 4.97. The molecular formula is C10H20OSi. The summed E-state index contributed by atoms with van der Waals surface area (Å²) >= 11 is 0. The zero-order valence-electron chi connectivity index (χ0n) is 9.12. The van der Waals surface area contributed by atoms with E-state index in [9.17, 15) is 4.79 Å². The smallest absolute Gasteiger partial charge is 0.119 e. The molecule has 0 heterocycles. The third kappa shape index (κ3) is 2.61. The van der Waals surface area contributed by atoms with Crippen LogP contribution in [0, 0.1) is 5.41 Å². The summed E-state index contributed by atoms with van der Waals surface area (Å²) in [4.78, 5) is 10.8. The van der Waals surface area contributed by atoms with Crippen LogP contribution in [0.2, 0.25) is 19.6 Å². The van der Waals surface area contributed by atoms with Gasteiger partial charge >= 0.3 is 0 Å². The maximum atomic E-state index is 10.8. The van der Waals surface area contributed by atoms with Gasteiger partial charge in [-0.15, -0.1) is 0 Å². The molecule has 0 unspecified atom stereocenters. The maximum Gasteiger partial charge on any atom is 0.119 e. The van der Waals surface area contributed by atoms with Crippen molar-refractivity contribution < 1.29 is 4.79 Å². The Morgan fingerprint density at radius 2 is 1.75 bits per heavy atom. The standard InChI is InChI=1S/C10H20OSi/c1-7-10(2,3)9(8-11)12(4,5)6/h7H2,1-6H3. The molecule has 0 aromatic heterocycles. The maximum absolute atomic E-state index is 10.8. The molecule has 0 aliphatic carbocycles. The molecular weight excluding hydrogens is 164 g/mol. The van der Waals surface area contributed by atoms with Gasteiger partial charge in [0.1, 0.15) is 5.94 Å². The molecule has 1 nitrogen and oxygen atoms in total. The summed E-state index contributed by atoms with van der Waals surface area (Å²) in [5, 5.41) is 1.03. The van der Waals surface area contributed by atoms with Crippen molar-refractivity contribution >= 4 is 14.0 Å². The number of hydrogen-bond donors (Lipinski definition) is 0. The molecule has 0 radical (unpaired) electrons. The van der Waals surface area contributed by atoms with Gasteiger partial charge in [0.15, 0.2) is 0 Å². The van der Waals surface area contributed by atoms with Crippen LogP contribution in [0.25, 0.3) is 0 Å². The summed E-state index contributed by atoms with van der Waals surface area (Å²) in [6, 6.07) is 0. The van der Waals surface area contributed by atoms with Gasteiger partial charge in [0.25, 0.3) is 0 Å². The summed E-state index contributed by atoms with van der Waals surface area (Å²) in [6.07, 6.45) is 1.02. The molecule has 0 bridgehead atoms. The van der Waals surface area contributed by atoms with E-state index in [2.05, 4.69) is 46.4 Å². The van der Waals surface area contributed by atoms with Crippen LogP contribution in [0.1, 0.15) is 27.2 Å². The van der Waals surface area contributed by atoms with E-state index < -0.39 is 8.07 Å². The summed E-state index contributed by atoms with van der Waals surface area (Å²) in [5.41, 5.74) is 0.0478. The van der Waals surface area contributed by atoms with Gasteiger partial charge in [0.05, 0.1) is 8.07 Å². The number of carbonyl (C=O) groups excluding carboxylic acids is 1. The fourth-order valence-electron chi connectivity index (χ4n) is 1.48. The summed E-state index contributed by atoms with van der Waals surface area (Å²) in [6.45, 7) is 13.0. The third-order valence-corrected chi connectivity index (χ3v) is 4.69. The summed E-state index contributed by atoms with van der Waals surface area (Å²) < 4.78 is 0. The molecule has 0 amide bonds. The Kier molecular flexibility index (Phi) is 3.49. The van der Waals surface area contributed by atoms with E-state index in [-0.39, 0.29) is 5.41 Å². The Labute approximate surface area is 76.9 Å². The van der Waals surface area contributed by atoms with Crippen molar-refractivity contribution in [3.63, 3.8) is 0 Å². The van der Waals surface area contributed by atoms with E-state index in [1.165, 1.54) is 0 Å². The molecule has 0 aliphatic rings. The van der Waals surface area contributed by atoms with E-state index >= 15 is 0 Å². The summed E-state index contributed by atoms with van der Waals surface area (Å²) in [5.74, 6) is 2.16. The zero-order valence-corrected chi connectivity index (χ0v) is 10.1. The minimum Gasteiger partial charge on any atom is -0.234 e. The van der Waals surface area contributed by atoms with Gasteiger partial charge in [-0.05, 0) is 11.8 Å².